The lowest BCUT2D eigenvalue weighted by Gasteiger charge is -2.37. The zero-order valence-corrected chi connectivity index (χ0v) is 15.3. The Morgan fingerprint density at radius 2 is 2.08 bits per heavy atom. The average Bonchev–Trinajstić information content (AvgIpc) is 3.08. The fraction of sp³-hybridized carbons (Fsp3) is 0.381. The van der Waals surface area contributed by atoms with Gasteiger partial charge in [-0.2, -0.15) is 0 Å². The number of pyridine rings is 1. The number of rotatable bonds is 4. The fourth-order valence-corrected chi connectivity index (χ4v) is 3.59. The van der Waals surface area contributed by atoms with Crippen molar-refractivity contribution in [1.82, 2.24) is 14.9 Å². The van der Waals surface area contributed by atoms with Crippen LogP contribution in [0.3, 0.4) is 0 Å². The number of halogens is 1. The number of hydrogen-bond donors (Lipinski definition) is 1. The molecule has 1 aliphatic heterocycles. The van der Waals surface area contributed by atoms with Gasteiger partial charge in [0.1, 0.15) is 17.2 Å². The van der Waals surface area contributed by atoms with Gasteiger partial charge in [-0.25, -0.2) is 9.37 Å². The van der Waals surface area contributed by atoms with E-state index >= 15 is 0 Å². The van der Waals surface area contributed by atoms with Crippen molar-refractivity contribution in [3.05, 3.63) is 48.5 Å². The van der Waals surface area contributed by atoms with Gasteiger partial charge in [0.25, 0.3) is 0 Å². The zero-order valence-electron chi connectivity index (χ0n) is 15.3. The minimum absolute atomic E-state index is 0.178. The first-order valence-electron chi connectivity index (χ1n) is 9.07. The molecule has 0 aliphatic carbocycles. The second kappa shape index (κ2) is 6.72. The Balaban J connectivity index is 1.64. The number of aromatic nitrogens is 2. The number of ether oxygens (including phenoxy) is 1. The maximum atomic E-state index is 13.7. The number of likely N-dealkylation sites (tertiary alicyclic amines) is 1. The van der Waals surface area contributed by atoms with Gasteiger partial charge < -0.3 is 14.6 Å². The summed E-state index contributed by atoms with van der Waals surface area (Å²) in [6, 6.07) is 8.52. The normalized spacial score (nSPS) is 17.5. The SMILES string of the molecule is CN1CCC(C)(COc2ccnc3[nH]cc(-c4cccc(F)c4)c23)CC1. The Bertz CT molecular complexity index is 913. The van der Waals surface area contributed by atoms with Gasteiger partial charge in [0.15, 0.2) is 0 Å². The van der Waals surface area contributed by atoms with E-state index in [1.165, 1.54) is 12.1 Å². The van der Waals surface area contributed by atoms with Gasteiger partial charge in [-0.1, -0.05) is 19.1 Å². The van der Waals surface area contributed by atoms with Crippen molar-refractivity contribution in [2.24, 2.45) is 5.41 Å². The van der Waals surface area contributed by atoms with Crippen LogP contribution in [-0.4, -0.2) is 41.6 Å². The summed E-state index contributed by atoms with van der Waals surface area (Å²) >= 11 is 0. The van der Waals surface area contributed by atoms with Gasteiger partial charge in [-0.15, -0.1) is 0 Å². The molecule has 0 saturated carbocycles. The Morgan fingerprint density at radius 3 is 2.85 bits per heavy atom. The Morgan fingerprint density at radius 1 is 1.27 bits per heavy atom. The number of benzene rings is 1. The maximum absolute atomic E-state index is 13.7. The van der Waals surface area contributed by atoms with Crippen LogP contribution in [0.2, 0.25) is 0 Å². The lowest BCUT2D eigenvalue weighted by atomic mass is 9.81. The topological polar surface area (TPSA) is 41.1 Å². The third-order valence-electron chi connectivity index (χ3n) is 5.44. The Hall–Kier alpha value is -2.40. The van der Waals surface area contributed by atoms with Crippen molar-refractivity contribution in [1.29, 1.82) is 0 Å². The number of aromatic amines is 1. The van der Waals surface area contributed by atoms with Crippen molar-refractivity contribution < 1.29 is 9.13 Å². The molecule has 0 atom stereocenters. The molecule has 4 rings (SSSR count). The summed E-state index contributed by atoms with van der Waals surface area (Å²) in [6.07, 6.45) is 5.88. The van der Waals surface area contributed by atoms with Gasteiger partial charge in [0.05, 0.1) is 12.0 Å². The number of hydrogen-bond acceptors (Lipinski definition) is 3. The molecular weight excluding hydrogens is 329 g/mol. The molecule has 0 unspecified atom stereocenters. The molecule has 0 amide bonds. The highest BCUT2D eigenvalue weighted by molar-refractivity contribution is 5.98. The third-order valence-corrected chi connectivity index (χ3v) is 5.44. The van der Waals surface area contributed by atoms with Gasteiger partial charge in [0, 0.05) is 23.4 Å². The summed E-state index contributed by atoms with van der Waals surface area (Å²) in [5.41, 5.74) is 2.67. The first kappa shape index (κ1) is 17.0. The molecule has 3 aromatic rings. The molecule has 0 radical (unpaired) electrons. The molecule has 5 heteroatoms. The number of nitrogens with zero attached hydrogens (tertiary/aromatic N) is 2. The van der Waals surface area contributed by atoms with Crippen LogP contribution in [0.5, 0.6) is 5.75 Å². The minimum Gasteiger partial charge on any atom is -0.492 e. The van der Waals surface area contributed by atoms with E-state index in [1.54, 1.807) is 12.3 Å². The third kappa shape index (κ3) is 3.31. The molecule has 1 fully saturated rings. The van der Waals surface area contributed by atoms with E-state index in [4.69, 9.17) is 4.74 Å². The standard InChI is InChI=1S/C21H24FN3O/c1-21(7-10-25(2)11-8-21)14-26-18-6-9-23-20-19(18)17(13-24-20)15-4-3-5-16(22)12-15/h3-6,9,12-13H,7-8,10-11,14H2,1-2H3,(H,23,24). The predicted octanol–water partition coefficient (Wildman–Crippen LogP) is 4.48. The summed E-state index contributed by atoms with van der Waals surface area (Å²) in [5.74, 6) is 0.553. The van der Waals surface area contributed by atoms with Crippen LogP contribution in [0, 0.1) is 11.2 Å². The van der Waals surface area contributed by atoms with Crippen LogP contribution in [0.4, 0.5) is 4.39 Å². The fourth-order valence-electron chi connectivity index (χ4n) is 3.59. The minimum atomic E-state index is -0.248. The quantitative estimate of drug-likeness (QED) is 0.752. The molecule has 0 spiro atoms. The van der Waals surface area contributed by atoms with Crippen LogP contribution in [0.25, 0.3) is 22.2 Å². The van der Waals surface area contributed by atoms with Gasteiger partial charge >= 0.3 is 0 Å². The first-order chi connectivity index (χ1) is 12.5. The highest BCUT2D eigenvalue weighted by atomic mass is 19.1. The summed E-state index contributed by atoms with van der Waals surface area (Å²) in [5, 5.41) is 0.912. The molecule has 0 bridgehead atoms. The smallest absolute Gasteiger partial charge is 0.141 e. The molecule has 136 valence electrons. The van der Waals surface area contributed by atoms with E-state index in [-0.39, 0.29) is 11.2 Å². The number of fused-ring (bicyclic) bond motifs is 1. The molecule has 1 aliphatic rings. The predicted molar refractivity (Wildman–Crippen MR) is 102 cm³/mol. The highest BCUT2D eigenvalue weighted by Gasteiger charge is 2.30. The molecule has 3 heterocycles. The van der Waals surface area contributed by atoms with Crippen molar-refractivity contribution in [2.75, 3.05) is 26.7 Å². The van der Waals surface area contributed by atoms with E-state index in [2.05, 4.69) is 28.8 Å². The number of H-pyrrole nitrogens is 1. The maximum Gasteiger partial charge on any atom is 0.141 e. The van der Waals surface area contributed by atoms with Gasteiger partial charge in [0.2, 0.25) is 0 Å². The van der Waals surface area contributed by atoms with Gasteiger partial charge in [-0.3, -0.25) is 0 Å². The highest BCUT2D eigenvalue weighted by Crippen LogP contribution is 2.37. The van der Waals surface area contributed by atoms with E-state index in [0.29, 0.717) is 6.61 Å². The molecule has 1 aromatic carbocycles. The first-order valence-corrected chi connectivity index (χ1v) is 9.07. The average molecular weight is 353 g/mol. The summed E-state index contributed by atoms with van der Waals surface area (Å²) in [7, 11) is 2.16. The number of nitrogens with one attached hydrogen (secondary N) is 1. The second-order valence-electron chi connectivity index (χ2n) is 7.65. The van der Waals surface area contributed by atoms with Crippen LogP contribution in [-0.2, 0) is 0 Å². The zero-order chi connectivity index (χ0) is 18.1. The Labute approximate surface area is 153 Å². The molecule has 4 nitrogen and oxygen atoms in total. The summed E-state index contributed by atoms with van der Waals surface area (Å²) in [6.45, 7) is 5.17. The molecule has 26 heavy (non-hydrogen) atoms. The largest absolute Gasteiger partial charge is 0.492 e. The van der Waals surface area contributed by atoms with Gasteiger partial charge in [-0.05, 0) is 56.7 Å². The van der Waals surface area contributed by atoms with Crippen molar-refractivity contribution in [2.45, 2.75) is 19.8 Å². The molecule has 1 saturated heterocycles. The van der Waals surface area contributed by atoms with E-state index in [1.807, 2.05) is 18.3 Å². The lowest BCUT2D eigenvalue weighted by Crippen LogP contribution is -2.39. The Kier molecular flexibility index (Phi) is 4.41. The van der Waals surface area contributed by atoms with E-state index < -0.39 is 0 Å². The van der Waals surface area contributed by atoms with Crippen LogP contribution < -0.4 is 4.74 Å². The summed E-state index contributed by atoms with van der Waals surface area (Å²) < 4.78 is 19.9. The summed E-state index contributed by atoms with van der Waals surface area (Å²) in [4.78, 5) is 9.94. The van der Waals surface area contributed by atoms with Crippen molar-refractivity contribution in [3.63, 3.8) is 0 Å². The van der Waals surface area contributed by atoms with Crippen LogP contribution in [0.1, 0.15) is 19.8 Å². The van der Waals surface area contributed by atoms with Crippen LogP contribution in [0.15, 0.2) is 42.7 Å². The van der Waals surface area contributed by atoms with E-state index in [0.717, 1.165) is 53.8 Å². The molecular formula is C21H24FN3O. The lowest BCUT2D eigenvalue weighted by molar-refractivity contribution is 0.0811. The monoisotopic (exact) mass is 353 g/mol. The second-order valence-corrected chi connectivity index (χ2v) is 7.65. The molecule has 1 N–H and O–H groups in total. The van der Waals surface area contributed by atoms with E-state index in [9.17, 15) is 4.39 Å². The van der Waals surface area contributed by atoms with Crippen molar-refractivity contribution in [3.8, 4) is 16.9 Å². The number of piperidine rings is 1. The van der Waals surface area contributed by atoms with Crippen LogP contribution >= 0.6 is 0 Å². The molecule has 2 aromatic heterocycles. The van der Waals surface area contributed by atoms with Crippen molar-refractivity contribution >= 4 is 11.0 Å².